The third-order valence-corrected chi connectivity index (χ3v) is 3.29. The average Bonchev–Trinajstić information content (AvgIpc) is 2.85. The second-order valence-electron chi connectivity index (χ2n) is 4.36. The first-order valence-electron chi connectivity index (χ1n) is 6.06. The van der Waals surface area contributed by atoms with Crippen LogP contribution in [0.4, 0.5) is 0 Å². The Bertz CT molecular complexity index is 750. The first-order chi connectivity index (χ1) is 9.76. The summed E-state index contributed by atoms with van der Waals surface area (Å²) in [4.78, 5) is 14.7. The first kappa shape index (κ1) is 12.7. The van der Waals surface area contributed by atoms with Gasteiger partial charge in [0.05, 0.1) is 17.4 Å². The fourth-order valence-corrected chi connectivity index (χ4v) is 2.20. The summed E-state index contributed by atoms with van der Waals surface area (Å²) >= 11 is 5.88. The monoisotopic (exact) mass is 286 g/mol. The van der Waals surface area contributed by atoms with E-state index in [2.05, 4.69) is 4.98 Å². The summed E-state index contributed by atoms with van der Waals surface area (Å²) in [5.74, 6) is 0.505. The van der Waals surface area contributed by atoms with E-state index < -0.39 is 0 Å². The Morgan fingerprint density at radius 1 is 1.20 bits per heavy atom. The minimum atomic E-state index is 0.418. The number of rotatable bonds is 4. The maximum atomic E-state index is 10.4. The molecule has 0 atom stereocenters. The molecule has 4 nitrogen and oxygen atoms in total. The number of nitrogens with zero attached hydrogens (tertiary/aromatic N) is 2. The topological polar surface area (TPSA) is 44.1 Å². The molecule has 0 aliphatic rings. The van der Waals surface area contributed by atoms with Crippen LogP contribution in [0.15, 0.2) is 48.8 Å². The lowest BCUT2D eigenvalue weighted by atomic mass is 10.2. The molecule has 100 valence electrons. The van der Waals surface area contributed by atoms with Gasteiger partial charge < -0.3 is 9.30 Å². The van der Waals surface area contributed by atoms with Gasteiger partial charge in [0.15, 0.2) is 0 Å². The fraction of sp³-hybridized carbons (Fsp3) is 0.0667. The molecule has 0 aliphatic heterocycles. The predicted molar refractivity (Wildman–Crippen MR) is 77.0 cm³/mol. The van der Waals surface area contributed by atoms with Crippen LogP contribution in [0, 0.1) is 0 Å². The number of carbonyl (C=O) groups excluding carboxylic acids is 1. The fourth-order valence-electron chi connectivity index (χ4n) is 2.08. The van der Waals surface area contributed by atoms with Gasteiger partial charge in [-0.1, -0.05) is 23.7 Å². The van der Waals surface area contributed by atoms with Crippen molar-refractivity contribution in [1.29, 1.82) is 0 Å². The predicted octanol–water partition coefficient (Wildman–Crippen LogP) is 3.27. The smallest absolute Gasteiger partial charge is 0.298 e. The summed E-state index contributed by atoms with van der Waals surface area (Å²) < 4.78 is 6.86. The van der Waals surface area contributed by atoms with Gasteiger partial charge in [-0.05, 0) is 29.8 Å². The summed E-state index contributed by atoms with van der Waals surface area (Å²) in [5, 5.41) is 0.714. The highest BCUT2D eigenvalue weighted by atomic mass is 35.5. The normalized spacial score (nSPS) is 10.7. The van der Waals surface area contributed by atoms with Crippen molar-refractivity contribution in [1.82, 2.24) is 9.55 Å². The van der Waals surface area contributed by atoms with Crippen LogP contribution in [0.1, 0.15) is 5.56 Å². The zero-order chi connectivity index (χ0) is 13.9. The second-order valence-corrected chi connectivity index (χ2v) is 4.80. The molecule has 0 saturated heterocycles. The molecule has 0 amide bonds. The van der Waals surface area contributed by atoms with Gasteiger partial charge in [-0.3, -0.25) is 4.79 Å². The lowest BCUT2D eigenvalue weighted by Gasteiger charge is -2.05. The molecule has 20 heavy (non-hydrogen) atoms. The molecule has 0 fully saturated rings. The summed E-state index contributed by atoms with van der Waals surface area (Å²) in [6.45, 7) is 1.10. The average molecular weight is 287 g/mol. The molecule has 0 bridgehead atoms. The molecule has 2 aromatic carbocycles. The molecule has 0 N–H and O–H groups in total. The number of fused-ring (bicyclic) bond motifs is 1. The number of imidazole rings is 1. The third kappa shape index (κ3) is 2.51. The zero-order valence-electron chi connectivity index (χ0n) is 10.5. The van der Waals surface area contributed by atoms with Gasteiger partial charge in [-0.2, -0.15) is 0 Å². The minimum Gasteiger partial charge on any atom is -0.429 e. The number of benzene rings is 2. The van der Waals surface area contributed by atoms with E-state index in [4.69, 9.17) is 16.3 Å². The molecule has 0 radical (unpaired) electrons. The van der Waals surface area contributed by atoms with E-state index in [9.17, 15) is 4.79 Å². The van der Waals surface area contributed by atoms with E-state index in [0.717, 1.165) is 16.6 Å². The lowest BCUT2D eigenvalue weighted by molar-refractivity contribution is -0.120. The molecule has 5 heteroatoms. The number of carbonyl (C=O) groups is 1. The van der Waals surface area contributed by atoms with Crippen molar-refractivity contribution < 1.29 is 9.53 Å². The Balaban J connectivity index is 1.96. The summed E-state index contributed by atoms with van der Waals surface area (Å²) in [6.07, 6.45) is 1.77. The Labute approximate surface area is 120 Å². The Morgan fingerprint density at radius 2 is 2.00 bits per heavy atom. The van der Waals surface area contributed by atoms with Gasteiger partial charge in [0.1, 0.15) is 5.75 Å². The highest BCUT2D eigenvalue weighted by Crippen LogP contribution is 2.21. The van der Waals surface area contributed by atoms with E-state index in [1.165, 1.54) is 0 Å². The van der Waals surface area contributed by atoms with E-state index in [-0.39, 0.29) is 0 Å². The molecule has 0 unspecified atom stereocenters. The maximum Gasteiger partial charge on any atom is 0.298 e. The van der Waals surface area contributed by atoms with Crippen LogP contribution in [0.3, 0.4) is 0 Å². The molecule has 0 aliphatic carbocycles. The van der Waals surface area contributed by atoms with Gasteiger partial charge in [-0.15, -0.1) is 0 Å². The third-order valence-electron chi connectivity index (χ3n) is 3.04. The van der Waals surface area contributed by atoms with Gasteiger partial charge in [0, 0.05) is 17.6 Å². The van der Waals surface area contributed by atoms with Crippen molar-refractivity contribution in [3.05, 3.63) is 59.4 Å². The van der Waals surface area contributed by atoms with Crippen molar-refractivity contribution in [2.45, 2.75) is 6.54 Å². The van der Waals surface area contributed by atoms with E-state index in [1.807, 2.05) is 34.9 Å². The number of aromatic nitrogens is 2. The molecule has 3 rings (SSSR count). The van der Waals surface area contributed by atoms with Gasteiger partial charge in [-0.25, -0.2) is 4.98 Å². The summed E-state index contributed by atoms with van der Waals surface area (Å²) in [7, 11) is 0. The largest absolute Gasteiger partial charge is 0.429 e. The van der Waals surface area contributed by atoms with Gasteiger partial charge in [0.25, 0.3) is 6.47 Å². The van der Waals surface area contributed by atoms with E-state index in [0.29, 0.717) is 23.8 Å². The summed E-state index contributed by atoms with van der Waals surface area (Å²) in [5.41, 5.74) is 2.90. The number of ether oxygens (including phenoxy) is 1. The number of halogens is 1. The highest BCUT2D eigenvalue weighted by Gasteiger charge is 2.05. The van der Waals surface area contributed by atoms with Crippen LogP contribution < -0.4 is 4.74 Å². The van der Waals surface area contributed by atoms with Crippen LogP contribution in [-0.2, 0) is 11.3 Å². The van der Waals surface area contributed by atoms with Crippen LogP contribution in [-0.4, -0.2) is 16.0 Å². The first-order valence-corrected chi connectivity index (χ1v) is 6.44. The Morgan fingerprint density at radius 3 is 2.75 bits per heavy atom. The SMILES string of the molecule is O=COc1ccc2ncn(Cc3ccc(Cl)cc3)c2c1. The quantitative estimate of drug-likeness (QED) is 0.691. The van der Waals surface area contributed by atoms with Crippen LogP contribution in [0.25, 0.3) is 11.0 Å². The maximum absolute atomic E-state index is 10.4. The van der Waals surface area contributed by atoms with E-state index >= 15 is 0 Å². The van der Waals surface area contributed by atoms with Crippen molar-refractivity contribution in [3.8, 4) is 5.75 Å². The number of hydrogen-bond donors (Lipinski definition) is 0. The molecule has 0 spiro atoms. The van der Waals surface area contributed by atoms with Crippen LogP contribution in [0.2, 0.25) is 5.02 Å². The molecule has 0 saturated carbocycles. The van der Waals surface area contributed by atoms with Crippen molar-refractivity contribution >= 4 is 29.1 Å². The van der Waals surface area contributed by atoms with Crippen LogP contribution >= 0.6 is 11.6 Å². The molecule has 1 aromatic heterocycles. The molecule has 1 heterocycles. The lowest BCUT2D eigenvalue weighted by Crippen LogP contribution is -1.98. The van der Waals surface area contributed by atoms with Crippen molar-refractivity contribution in [2.75, 3.05) is 0 Å². The molecular weight excluding hydrogens is 276 g/mol. The van der Waals surface area contributed by atoms with Gasteiger partial charge >= 0.3 is 0 Å². The number of hydrogen-bond acceptors (Lipinski definition) is 3. The Kier molecular flexibility index (Phi) is 3.39. The zero-order valence-corrected chi connectivity index (χ0v) is 11.2. The summed E-state index contributed by atoms with van der Waals surface area (Å²) in [6, 6.07) is 13.0. The molecule has 3 aromatic rings. The van der Waals surface area contributed by atoms with Gasteiger partial charge in [0.2, 0.25) is 0 Å². The highest BCUT2D eigenvalue weighted by molar-refractivity contribution is 6.30. The second kappa shape index (κ2) is 5.35. The van der Waals surface area contributed by atoms with Crippen LogP contribution in [0.5, 0.6) is 5.75 Å². The standard InChI is InChI=1S/C15H11ClN2O2/c16-12-3-1-11(2-4-12)8-18-9-17-14-6-5-13(20-10-19)7-15(14)18/h1-7,9-10H,8H2. The van der Waals surface area contributed by atoms with E-state index in [1.54, 1.807) is 18.5 Å². The van der Waals surface area contributed by atoms with Crippen molar-refractivity contribution in [2.24, 2.45) is 0 Å². The molecular formula is C15H11ClN2O2. The van der Waals surface area contributed by atoms with Crippen molar-refractivity contribution in [3.63, 3.8) is 0 Å². The minimum absolute atomic E-state index is 0.418. The Hall–Kier alpha value is -2.33.